The minimum absolute atomic E-state index is 0.206. The molecule has 0 N–H and O–H groups in total. The van der Waals surface area contributed by atoms with Crippen molar-refractivity contribution < 1.29 is 13.9 Å². The molecular formula is C15H11Cl2FO2. The van der Waals surface area contributed by atoms with Crippen molar-refractivity contribution in [2.24, 2.45) is 0 Å². The molecule has 104 valence electrons. The van der Waals surface area contributed by atoms with Crippen LogP contribution in [-0.4, -0.2) is 12.9 Å². The van der Waals surface area contributed by atoms with E-state index in [-0.39, 0.29) is 21.2 Å². The number of ketones is 1. The van der Waals surface area contributed by atoms with Gasteiger partial charge in [-0.15, -0.1) is 0 Å². The van der Waals surface area contributed by atoms with E-state index in [0.717, 1.165) is 0 Å². The van der Waals surface area contributed by atoms with Gasteiger partial charge in [0, 0.05) is 17.2 Å². The van der Waals surface area contributed by atoms with Gasteiger partial charge in [0.1, 0.15) is 11.6 Å². The smallest absolute Gasteiger partial charge is 0.194 e. The fourth-order valence-corrected chi connectivity index (χ4v) is 2.23. The zero-order valence-corrected chi connectivity index (χ0v) is 12.3. The zero-order valence-electron chi connectivity index (χ0n) is 10.8. The highest BCUT2D eigenvalue weighted by Gasteiger charge is 2.17. The maximum atomic E-state index is 13.5. The second-order valence-electron chi connectivity index (χ2n) is 4.26. The van der Waals surface area contributed by atoms with Crippen LogP contribution in [0.1, 0.15) is 21.5 Å². The van der Waals surface area contributed by atoms with Gasteiger partial charge in [0.05, 0.1) is 17.2 Å². The third-order valence-electron chi connectivity index (χ3n) is 2.92. The number of aryl methyl sites for hydroxylation is 1. The van der Waals surface area contributed by atoms with E-state index in [9.17, 15) is 9.18 Å². The van der Waals surface area contributed by atoms with Crippen LogP contribution in [-0.2, 0) is 0 Å². The first-order valence-corrected chi connectivity index (χ1v) is 6.53. The molecule has 0 unspecified atom stereocenters. The Morgan fingerprint density at radius 3 is 2.45 bits per heavy atom. The number of carbonyl (C=O) groups excluding carboxylic acids is 1. The first-order chi connectivity index (χ1) is 9.43. The van der Waals surface area contributed by atoms with Gasteiger partial charge in [-0.2, -0.15) is 0 Å². The lowest BCUT2D eigenvalue weighted by Gasteiger charge is -2.09. The molecule has 0 aliphatic rings. The molecule has 0 bridgehead atoms. The summed E-state index contributed by atoms with van der Waals surface area (Å²) in [6.07, 6.45) is 0. The van der Waals surface area contributed by atoms with Gasteiger partial charge in [-0.1, -0.05) is 35.3 Å². The van der Waals surface area contributed by atoms with Crippen LogP contribution >= 0.6 is 23.2 Å². The first kappa shape index (κ1) is 14.8. The molecule has 0 aliphatic carbocycles. The fraction of sp³-hybridized carbons (Fsp3) is 0.133. The summed E-state index contributed by atoms with van der Waals surface area (Å²) in [5, 5.41) is 0.477. The predicted molar refractivity (Wildman–Crippen MR) is 77.6 cm³/mol. The molecule has 2 rings (SSSR count). The average molecular weight is 313 g/mol. The predicted octanol–water partition coefficient (Wildman–Crippen LogP) is 4.68. The van der Waals surface area contributed by atoms with Crippen LogP contribution in [0.2, 0.25) is 10.0 Å². The van der Waals surface area contributed by atoms with Gasteiger partial charge in [-0.25, -0.2) is 4.39 Å². The first-order valence-electron chi connectivity index (χ1n) is 5.78. The van der Waals surface area contributed by atoms with E-state index in [2.05, 4.69) is 0 Å². The van der Waals surface area contributed by atoms with Crippen molar-refractivity contribution in [2.45, 2.75) is 6.92 Å². The number of benzene rings is 2. The molecule has 2 nitrogen and oxygen atoms in total. The lowest BCUT2D eigenvalue weighted by Crippen LogP contribution is -2.04. The third kappa shape index (κ3) is 2.79. The van der Waals surface area contributed by atoms with Crippen LogP contribution < -0.4 is 4.74 Å². The summed E-state index contributed by atoms with van der Waals surface area (Å²) in [6.45, 7) is 1.63. The lowest BCUT2D eigenvalue weighted by atomic mass is 10.0. The summed E-state index contributed by atoms with van der Waals surface area (Å²) in [5.41, 5.74) is 0.900. The number of hydrogen-bond donors (Lipinski definition) is 0. The van der Waals surface area contributed by atoms with E-state index in [1.54, 1.807) is 19.1 Å². The van der Waals surface area contributed by atoms with Crippen LogP contribution in [0.5, 0.6) is 5.75 Å². The summed E-state index contributed by atoms with van der Waals surface area (Å²) < 4.78 is 18.5. The Morgan fingerprint density at radius 2 is 1.85 bits per heavy atom. The SMILES string of the molecule is COc1cc(Cl)c(C(=O)c2ccc(C)c(F)c2)cc1Cl. The molecule has 0 heterocycles. The molecule has 0 aromatic heterocycles. The molecule has 5 heteroatoms. The molecule has 0 saturated carbocycles. The Bertz CT molecular complexity index is 684. The van der Waals surface area contributed by atoms with E-state index < -0.39 is 11.6 Å². The molecule has 0 radical (unpaired) electrons. The number of halogens is 3. The second kappa shape index (κ2) is 5.81. The van der Waals surface area contributed by atoms with Gasteiger partial charge in [0.25, 0.3) is 0 Å². The molecule has 0 saturated heterocycles. The topological polar surface area (TPSA) is 26.3 Å². The Kier molecular flexibility index (Phi) is 4.31. The monoisotopic (exact) mass is 312 g/mol. The van der Waals surface area contributed by atoms with Gasteiger partial charge in [-0.05, 0) is 24.6 Å². The Balaban J connectivity index is 2.48. The number of rotatable bonds is 3. The highest BCUT2D eigenvalue weighted by molar-refractivity contribution is 6.37. The van der Waals surface area contributed by atoms with Crippen molar-refractivity contribution >= 4 is 29.0 Å². The highest BCUT2D eigenvalue weighted by atomic mass is 35.5. The Hall–Kier alpha value is -1.58. The standard InChI is InChI=1S/C15H11Cl2FO2/c1-8-3-4-9(5-13(8)18)15(19)10-6-12(17)14(20-2)7-11(10)16/h3-7H,1-2H3. The average Bonchev–Trinajstić information content (AvgIpc) is 2.43. The quantitative estimate of drug-likeness (QED) is 0.769. The largest absolute Gasteiger partial charge is 0.495 e. The Morgan fingerprint density at radius 1 is 1.15 bits per heavy atom. The van der Waals surface area contributed by atoms with Crippen molar-refractivity contribution in [1.29, 1.82) is 0 Å². The summed E-state index contributed by atoms with van der Waals surface area (Å²) in [6, 6.07) is 7.16. The molecule has 0 spiro atoms. The van der Waals surface area contributed by atoms with E-state index in [1.165, 1.54) is 25.3 Å². The van der Waals surface area contributed by atoms with Gasteiger partial charge in [0.2, 0.25) is 0 Å². The third-order valence-corrected chi connectivity index (χ3v) is 3.53. The van der Waals surface area contributed by atoms with E-state index >= 15 is 0 Å². The van der Waals surface area contributed by atoms with E-state index in [0.29, 0.717) is 11.3 Å². The highest BCUT2D eigenvalue weighted by Crippen LogP contribution is 2.32. The summed E-state index contributed by atoms with van der Waals surface area (Å²) in [7, 11) is 1.45. The number of hydrogen-bond acceptors (Lipinski definition) is 2. The summed E-state index contributed by atoms with van der Waals surface area (Å²) in [5.74, 6) is -0.451. The number of methoxy groups -OCH3 is 1. The maximum Gasteiger partial charge on any atom is 0.194 e. The molecule has 2 aromatic carbocycles. The molecule has 0 amide bonds. The molecule has 0 aliphatic heterocycles. The summed E-state index contributed by atoms with van der Waals surface area (Å²) >= 11 is 12.0. The van der Waals surface area contributed by atoms with E-state index in [4.69, 9.17) is 27.9 Å². The van der Waals surface area contributed by atoms with Crippen molar-refractivity contribution in [3.63, 3.8) is 0 Å². The van der Waals surface area contributed by atoms with Crippen LogP contribution in [0.15, 0.2) is 30.3 Å². The van der Waals surface area contributed by atoms with Crippen molar-refractivity contribution in [1.82, 2.24) is 0 Å². The number of ether oxygens (including phenoxy) is 1. The van der Waals surface area contributed by atoms with Crippen LogP contribution in [0.4, 0.5) is 4.39 Å². The van der Waals surface area contributed by atoms with Crippen LogP contribution in [0.3, 0.4) is 0 Å². The lowest BCUT2D eigenvalue weighted by molar-refractivity contribution is 0.103. The number of carbonyl (C=O) groups is 1. The minimum atomic E-state index is -0.438. The maximum absolute atomic E-state index is 13.5. The van der Waals surface area contributed by atoms with Gasteiger partial charge < -0.3 is 4.74 Å². The Labute approximate surface area is 126 Å². The van der Waals surface area contributed by atoms with Gasteiger partial charge in [0.15, 0.2) is 5.78 Å². The van der Waals surface area contributed by atoms with E-state index in [1.807, 2.05) is 0 Å². The zero-order chi connectivity index (χ0) is 14.9. The molecule has 20 heavy (non-hydrogen) atoms. The molecule has 0 fully saturated rings. The minimum Gasteiger partial charge on any atom is -0.495 e. The van der Waals surface area contributed by atoms with Gasteiger partial charge >= 0.3 is 0 Å². The van der Waals surface area contributed by atoms with Crippen molar-refractivity contribution in [3.8, 4) is 5.75 Å². The second-order valence-corrected chi connectivity index (χ2v) is 5.07. The van der Waals surface area contributed by atoms with Crippen LogP contribution in [0.25, 0.3) is 0 Å². The van der Waals surface area contributed by atoms with Crippen molar-refractivity contribution in [3.05, 3.63) is 62.9 Å². The summed E-state index contributed by atoms with van der Waals surface area (Å²) in [4.78, 5) is 12.3. The van der Waals surface area contributed by atoms with Crippen molar-refractivity contribution in [2.75, 3.05) is 7.11 Å². The molecule has 0 atom stereocenters. The molecule has 2 aromatic rings. The van der Waals surface area contributed by atoms with Gasteiger partial charge in [-0.3, -0.25) is 4.79 Å². The normalized spacial score (nSPS) is 10.4. The molecular weight excluding hydrogens is 302 g/mol. The fourth-order valence-electron chi connectivity index (χ4n) is 1.75. The van der Waals surface area contributed by atoms with Crippen LogP contribution in [0, 0.1) is 12.7 Å².